The summed E-state index contributed by atoms with van der Waals surface area (Å²) in [5.41, 5.74) is 2.38. The van der Waals surface area contributed by atoms with E-state index in [4.69, 9.17) is 4.74 Å². The molecule has 0 amide bonds. The molecule has 1 aromatic rings. The summed E-state index contributed by atoms with van der Waals surface area (Å²) >= 11 is 0. The third-order valence-corrected chi connectivity index (χ3v) is 2.03. The zero-order valence-corrected chi connectivity index (χ0v) is 7.42. The van der Waals surface area contributed by atoms with Gasteiger partial charge in [0.1, 0.15) is 12.4 Å². The molecule has 2 heteroatoms. The van der Waals surface area contributed by atoms with Crippen LogP contribution < -0.4 is 10.1 Å². The van der Waals surface area contributed by atoms with Crippen LogP contribution in [-0.2, 0) is 0 Å². The quantitative estimate of drug-likeness (QED) is 0.633. The molecule has 0 saturated carbocycles. The number of fused-ring (bicyclic) bond motifs is 1. The number of hydrogen-bond donors (Lipinski definition) is 1. The number of nitrogens with one attached hydrogen (secondary N) is 1. The van der Waals surface area contributed by atoms with E-state index in [-0.39, 0.29) is 0 Å². The standard InChI is InChI=1S/C10H13NO/c1-7-3-4-10-9(5-7)11-8(2)6-12-10/h3-5,8,11H,6H2,1-2H3/t8-/m0/s1. The Labute approximate surface area is 72.5 Å². The second-order valence-corrected chi connectivity index (χ2v) is 3.36. The van der Waals surface area contributed by atoms with E-state index in [1.54, 1.807) is 0 Å². The van der Waals surface area contributed by atoms with E-state index in [1.165, 1.54) is 5.56 Å². The fourth-order valence-electron chi connectivity index (χ4n) is 1.40. The van der Waals surface area contributed by atoms with Gasteiger partial charge in [-0.3, -0.25) is 0 Å². The van der Waals surface area contributed by atoms with Crippen molar-refractivity contribution >= 4 is 5.69 Å². The van der Waals surface area contributed by atoms with Crippen LogP contribution in [0.25, 0.3) is 0 Å². The van der Waals surface area contributed by atoms with Crippen molar-refractivity contribution in [2.24, 2.45) is 0 Å². The number of anilines is 1. The Balaban J connectivity index is 2.37. The van der Waals surface area contributed by atoms with Crippen LogP contribution in [0, 0.1) is 6.92 Å². The van der Waals surface area contributed by atoms with Gasteiger partial charge in [-0.05, 0) is 31.5 Å². The molecule has 2 rings (SSSR count). The molecule has 1 atom stereocenters. The van der Waals surface area contributed by atoms with Gasteiger partial charge < -0.3 is 10.1 Å². The lowest BCUT2D eigenvalue weighted by Crippen LogP contribution is -2.28. The minimum atomic E-state index is 0.416. The van der Waals surface area contributed by atoms with Crippen LogP contribution in [0.4, 0.5) is 5.69 Å². The van der Waals surface area contributed by atoms with Gasteiger partial charge in [-0.25, -0.2) is 0 Å². The van der Waals surface area contributed by atoms with Gasteiger partial charge >= 0.3 is 0 Å². The molecular formula is C10H13NO. The molecule has 1 aromatic carbocycles. The summed E-state index contributed by atoms with van der Waals surface area (Å²) in [5, 5.41) is 3.38. The van der Waals surface area contributed by atoms with Crippen molar-refractivity contribution in [1.82, 2.24) is 0 Å². The maximum Gasteiger partial charge on any atom is 0.142 e. The summed E-state index contributed by atoms with van der Waals surface area (Å²) in [6.07, 6.45) is 0. The average Bonchev–Trinajstić information content (AvgIpc) is 2.03. The Morgan fingerprint density at radius 2 is 2.33 bits per heavy atom. The number of benzene rings is 1. The Morgan fingerprint density at radius 3 is 3.17 bits per heavy atom. The molecule has 0 radical (unpaired) electrons. The van der Waals surface area contributed by atoms with Crippen LogP contribution in [0.3, 0.4) is 0 Å². The maximum atomic E-state index is 5.53. The minimum Gasteiger partial charge on any atom is -0.489 e. The first-order valence-corrected chi connectivity index (χ1v) is 4.26. The van der Waals surface area contributed by atoms with Gasteiger partial charge in [0.15, 0.2) is 0 Å². The van der Waals surface area contributed by atoms with E-state index in [0.29, 0.717) is 6.04 Å². The first-order chi connectivity index (χ1) is 5.75. The van der Waals surface area contributed by atoms with Crippen LogP contribution in [0.1, 0.15) is 12.5 Å². The van der Waals surface area contributed by atoms with Gasteiger partial charge in [-0.2, -0.15) is 0 Å². The Bertz CT molecular complexity index is 296. The molecule has 0 saturated heterocycles. The molecule has 0 spiro atoms. The lowest BCUT2D eigenvalue weighted by Gasteiger charge is -2.24. The highest BCUT2D eigenvalue weighted by Gasteiger charge is 2.13. The molecule has 0 aliphatic carbocycles. The topological polar surface area (TPSA) is 21.3 Å². The van der Waals surface area contributed by atoms with E-state index >= 15 is 0 Å². The highest BCUT2D eigenvalue weighted by Crippen LogP contribution is 2.29. The molecule has 0 unspecified atom stereocenters. The van der Waals surface area contributed by atoms with Gasteiger partial charge in [0.05, 0.1) is 11.7 Å². The fraction of sp³-hybridized carbons (Fsp3) is 0.400. The minimum absolute atomic E-state index is 0.416. The van der Waals surface area contributed by atoms with Crippen LogP contribution in [0.5, 0.6) is 5.75 Å². The first-order valence-electron chi connectivity index (χ1n) is 4.26. The SMILES string of the molecule is Cc1ccc2c(c1)N[C@@H](C)CO2. The third kappa shape index (κ3) is 1.24. The third-order valence-electron chi connectivity index (χ3n) is 2.03. The largest absolute Gasteiger partial charge is 0.489 e. The molecule has 2 nitrogen and oxygen atoms in total. The number of hydrogen-bond acceptors (Lipinski definition) is 2. The maximum absolute atomic E-state index is 5.53. The lowest BCUT2D eigenvalue weighted by atomic mass is 10.1. The van der Waals surface area contributed by atoms with E-state index in [1.807, 2.05) is 6.07 Å². The van der Waals surface area contributed by atoms with Gasteiger partial charge in [-0.15, -0.1) is 0 Å². The number of aryl methyl sites for hydroxylation is 1. The van der Waals surface area contributed by atoms with Crippen molar-refractivity contribution in [3.63, 3.8) is 0 Å². The van der Waals surface area contributed by atoms with E-state index in [9.17, 15) is 0 Å². The molecule has 1 heterocycles. The summed E-state index contributed by atoms with van der Waals surface area (Å²) in [4.78, 5) is 0. The number of rotatable bonds is 0. The summed E-state index contributed by atoms with van der Waals surface area (Å²) in [6, 6.07) is 6.62. The molecule has 0 bridgehead atoms. The summed E-state index contributed by atoms with van der Waals surface area (Å²) in [6.45, 7) is 4.96. The van der Waals surface area contributed by atoms with Gasteiger partial charge in [0.2, 0.25) is 0 Å². The van der Waals surface area contributed by atoms with Crippen LogP contribution in [-0.4, -0.2) is 12.6 Å². The zero-order chi connectivity index (χ0) is 8.55. The molecule has 12 heavy (non-hydrogen) atoms. The van der Waals surface area contributed by atoms with Gasteiger partial charge in [-0.1, -0.05) is 6.07 Å². The Hall–Kier alpha value is -1.18. The highest BCUT2D eigenvalue weighted by molar-refractivity contribution is 5.59. The first kappa shape index (κ1) is 7.47. The lowest BCUT2D eigenvalue weighted by molar-refractivity contribution is 0.292. The zero-order valence-electron chi connectivity index (χ0n) is 7.42. The average molecular weight is 163 g/mol. The summed E-state index contributed by atoms with van der Waals surface area (Å²) in [5.74, 6) is 0.971. The van der Waals surface area contributed by atoms with E-state index in [2.05, 4.69) is 31.3 Å². The molecule has 1 aliphatic heterocycles. The molecule has 1 N–H and O–H groups in total. The highest BCUT2D eigenvalue weighted by atomic mass is 16.5. The number of ether oxygens (including phenoxy) is 1. The van der Waals surface area contributed by atoms with Gasteiger partial charge in [0, 0.05) is 0 Å². The van der Waals surface area contributed by atoms with Crippen molar-refractivity contribution in [3.8, 4) is 5.75 Å². The second kappa shape index (κ2) is 2.70. The van der Waals surface area contributed by atoms with Crippen molar-refractivity contribution in [1.29, 1.82) is 0 Å². The summed E-state index contributed by atoms with van der Waals surface area (Å²) in [7, 11) is 0. The predicted molar refractivity (Wildman–Crippen MR) is 49.8 cm³/mol. The van der Waals surface area contributed by atoms with E-state index in [0.717, 1.165) is 18.0 Å². The Kier molecular flexibility index (Phi) is 1.68. The fourth-order valence-corrected chi connectivity index (χ4v) is 1.40. The van der Waals surface area contributed by atoms with Crippen LogP contribution in [0.15, 0.2) is 18.2 Å². The monoisotopic (exact) mass is 163 g/mol. The predicted octanol–water partition coefficient (Wildman–Crippen LogP) is 2.19. The Morgan fingerprint density at radius 1 is 1.50 bits per heavy atom. The normalized spacial score (nSPS) is 20.7. The molecule has 0 aromatic heterocycles. The van der Waals surface area contributed by atoms with E-state index < -0.39 is 0 Å². The van der Waals surface area contributed by atoms with Crippen molar-refractivity contribution in [3.05, 3.63) is 23.8 Å². The van der Waals surface area contributed by atoms with Crippen LogP contribution >= 0.6 is 0 Å². The van der Waals surface area contributed by atoms with Crippen molar-refractivity contribution in [2.45, 2.75) is 19.9 Å². The molecule has 64 valence electrons. The van der Waals surface area contributed by atoms with Crippen LogP contribution in [0.2, 0.25) is 0 Å². The smallest absolute Gasteiger partial charge is 0.142 e. The molecule has 1 aliphatic rings. The second-order valence-electron chi connectivity index (χ2n) is 3.36. The van der Waals surface area contributed by atoms with Gasteiger partial charge in [0.25, 0.3) is 0 Å². The summed E-state index contributed by atoms with van der Waals surface area (Å²) < 4.78 is 5.53. The molecule has 0 fully saturated rings. The molecular weight excluding hydrogens is 150 g/mol. The van der Waals surface area contributed by atoms with Crippen molar-refractivity contribution in [2.75, 3.05) is 11.9 Å². The van der Waals surface area contributed by atoms with Crippen molar-refractivity contribution < 1.29 is 4.74 Å².